The van der Waals surface area contributed by atoms with Gasteiger partial charge in [0, 0.05) is 11.1 Å². The molecule has 0 aromatic heterocycles. The summed E-state index contributed by atoms with van der Waals surface area (Å²) >= 11 is 0. The third-order valence-electron chi connectivity index (χ3n) is 3.83. The number of rotatable bonds is 4. The number of benzene rings is 3. The molecule has 3 aromatic carbocycles. The highest BCUT2D eigenvalue weighted by molar-refractivity contribution is 6.13. The molecule has 0 aliphatic heterocycles. The van der Waals surface area contributed by atoms with Gasteiger partial charge in [-0.05, 0) is 31.2 Å². The molecule has 0 fully saturated rings. The number of phenols is 2. The molecule has 0 spiro atoms. The van der Waals surface area contributed by atoms with Crippen LogP contribution in [0, 0.1) is 6.92 Å². The van der Waals surface area contributed by atoms with Crippen molar-refractivity contribution in [1.29, 1.82) is 0 Å². The summed E-state index contributed by atoms with van der Waals surface area (Å²) < 4.78 is 0. The second-order valence-corrected chi connectivity index (χ2v) is 5.84. The summed E-state index contributed by atoms with van der Waals surface area (Å²) in [6, 6.07) is 21.0. The molecule has 0 saturated carbocycles. The van der Waals surface area contributed by atoms with Crippen molar-refractivity contribution in [3.8, 4) is 11.5 Å². The number of phenolic OH excluding ortho intramolecular Hbond substituents is 2. The summed E-state index contributed by atoms with van der Waals surface area (Å²) in [5.41, 5.74) is 5.79. The van der Waals surface area contributed by atoms with E-state index in [2.05, 4.69) is 10.5 Å². The van der Waals surface area contributed by atoms with E-state index in [-0.39, 0.29) is 17.1 Å². The van der Waals surface area contributed by atoms with Gasteiger partial charge >= 0.3 is 0 Å². The minimum absolute atomic E-state index is 0.0506. The number of nitrogens with zero attached hydrogens (tertiary/aromatic N) is 1. The summed E-state index contributed by atoms with van der Waals surface area (Å²) in [6.45, 7) is 1.98. The molecule has 0 aliphatic rings. The molecule has 5 heteroatoms. The molecule has 5 nitrogen and oxygen atoms in total. The summed E-state index contributed by atoms with van der Waals surface area (Å²) in [5.74, 6) is -0.953. The van der Waals surface area contributed by atoms with E-state index in [4.69, 9.17) is 0 Å². The SMILES string of the molecule is Cc1cccc(C(=NNC(=O)c2cc(O)ccc2O)c2ccccc2)c1. The second kappa shape index (κ2) is 7.53. The smallest absolute Gasteiger partial charge is 0.275 e. The third kappa shape index (κ3) is 3.89. The number of amides is 1. The highest BCUT2D eigenvalue weighted by atomic mass is 16.3. The quantitative estimate of drug-likeness (QED) is 0.384. The van der Waals surface area contributed by atoms with Crippen molar-refractivity contribution in [2.24, 2.45) is 5.10 Å². The molecule has 130 valence electrons. The van der Waals surface area contributed by atoms with Crippen molar-refractivity contribution >= 4 is 11.6 Å². The molecule has 3 aromatic rings. The Morgan fingerprint density at radius 1 is 0.885 bits per heavy atom. The number of aryl methyl sites for hydroxylation is 1. The maximum atomic E-state index is 12.4. The number of carbonyl (C=O) groups excluding carboxylic acids is 1. The molecule has 1 amide bonds. The summed E-state index contributed by atoms with van der Waals surface area (Å²) in [7, 11) is 0. The molecule has 3 rings (SSSR count). The van der Waals surface area contributed by atoms with Crippen molar-refractivity contribution in [2.45, 2.75) is 6.92 Å². The van der Waals surface area contributed by atoms with Crippen LogP contribution in [-0.4, -0.2) is 21.8 Å². The standard InChI is InChI=1S/C21H18N2O3/c1-14-6-5-9-16(12-14)20(15-7-3-2-4-8-15)22-23-21(26)18-13-17(24)10-11-19(18)25/h2-13,24-25H,1H3,(H,23,26). The Balaban J connectivity index is 1.97. The van der Waals surface area contributed by atoms with Gasteiger partial charge < -0.3 is 10.2 Å². The average Bonchev–Trinajstić information content (AvgIpc) is 2.65. The van der Waals surface area contributed by atoms with E-state index in [0.717, 1.165) is 16.7 Å². The van der Waals surface area contributed by atoms with Crippen LogP contribution in [0.4, 0.5) is 0 Å². The van der Waals surface area contributed by atoms with Gasteiger partial charge in [-0.25, -0.2) is 5.43 Å². The molecule has 0 heterocycles. The zero-order valence-electron chi connectivity index (χ0n) is 14.2. The highest BCUT2D eigenvalue weighted by Crippen LogP contribution is 2.22. The van der Waals surface area contributed by atoms with Crippen LogP contribution in [0.3, 0.4) is 0 Å². The number of nitrogens with one attached hydrogen (secondary N) is 1. The van der Waals surface area contributed by atoms with Crippen molar-refractivity contribution in [3.63, 3.8) is 0 Å². The zero-order valence-corrected chi connectivity index (χ0v) is 14.2. The van der Waals surface area contributed by atoms with Gasteiger partial charge in [-0.2, -0.15) is 5.10 Å². The van der Waals surface area contributed by atoms with Crippen LogP contribution in [0.15, 0.2) is 77.9 Å². The van der Waals surface area contributed by atoms with Gasteiger partial charge in [0.25, 0.3) is 5.91 Å². The fourth-order valence-electron chi connectivity index (χ4n) is 2.56. The van der Waals surface area contributed by atoms with E-state index in [9.17, 15) is 15.0 Å². The average molecular weight is 346 g/mol. The Bertz CT molecular complexity index is 966. The van der Waals surface area contributed by atoms with E-state index in [1.54, 1.807) is 0 Å². The van der Waals surface area contributed by atoms with Crippen LogP contribution in [0.1, 0.15) is 27.0 Å². The number of aromatic hydroxyl groups is 2. The topological polar surface area (TPSA) is 81.9 Å². The molecule has 0 radical (unpaired) electrons. The highest BCUT2D eigenvalue weighted by Gasteiger charge is 2.13. The third-order valence-corrected chi connectivity index (χ3v) is 3.83. The minimum atomic E-state index is -0.612. The Kier molecular flexibility index (Phi) is 4.99. The lowest BCUT2D eigenvalue weighted by atomic mass is 10.0. The van der Waals surface area contributed by atoms with E-state index in [1.165, 1.54) is 18.2 Å². The summed E-state index contributed by atoms with van der Waals surface area (Å²) in [6.07, 6.45) is 0. The van der Waals surface area contributed by atoms with Gasteiger partial charge in [-0.15, -0.1) is 0 Å². The Hall–Kier alpha value is -3.60. The van der Waals surface area contributed by atoms with Gasteiger partial charge in [-0.1, -0.05) is 54.1 Å². The van der Waals surface area contributed by atoms with E-state index >= 15 is 0 Å². The molecule has 26 heavy (non-hydrogen) atoms. The number of carbonyl (C=O) groups is 1. The van der Waals surface area contributed by atoms with Crippen LogP contribution >= 0.6 is 0 Å². The normalized spacial score (nSPS) is 11.2. The molecule has 0 unspecified atom stereocenters. The first kappa shape index (κ1) is 17.2. The summed E-state index contributed by atoms with van der Waals surface area (Å²) in [5, 5.41) is 23.6. The zero-order chi connectivity index (χ0) is 18.5. The molecule has 0 saturated heterocycles. The second-order valence-electron chi connectivity index (χ2n) is 5.84. The van der Waals surface area contributed by atoms with Gasteiger partial charge in [0.05, 0.1) is 11.3 Å². The van der Waals surface area contributed by atoms with Crippen molar-refractivity contribution in [2.75, 3.05) is 0 Å². The first-order valence-electron chi connectivity index (χ1n) is 8.07. The van der Waals surface area contributed by atoms with E-state index in [0.29, 0.717) is 5.71 Å². The molecular formula is C21H18N2O3. The van der Waals surface area contributed by atoms with Crippen molar-refractivity contribution in [3.05, 3.63) is 95.1 Å². The maximum Gasteiger partial charge on any atom is 0.275 e. The molecule has 3 N–H and O–H groups in total. The lowest BCUT2D eigenvalue weighted by Gasteiger charge is -2.09. The lowest BCUT2D eigenvalue weighted by Crippen LogP contribution is -2.20. The number of hydrogen-bond donors (Lipinski definition) is 3. The Morgan fingerprint density at radius 3 is 2.35 bits per heavy atom. The van der Waals surface area contributed by atoms with Crippen LogP contribution in [0.2, 0.25) is 0 Å². The van der Waals surface area contributed by atoms with Gasteiger partial charge in [0.2, 0.25) is 0 Å². The lowest BCUT2D eigenvalue weighted by molar-refractivity contribution is 0.0952. The van der Waals surface area contributed by atoms with Crippen molar-refractivity contribution in [1.82, 2.24) is 5.43 Å². The largest absolute Gasteiger partial charge is 0.508 e. The first-order chi connectivity index (χ1) is 12.5. The van der Waals surface area contributed by atoms with Crippen LogP contribution in [0.5, 0.6) is 11.5 Å². The van der Waals surface area contributed by atoms with Gasteiger partial charge in [0.1, 0.15) is 11.5 Å². The Labute approximate surface area is 151 Å². The maximum absolute atomic E-state index is 12.4. The first-order valence-corrected chi connectivity index (χ1v) is 8.07. The Morgan fingerprint density at radius 2 is 1.62 bits per heavy atom. The molecule has 0 atom stereocenters. The predicted octanol–water partition coefficient (Wildman–Crippen LogP) is 3.59. The number of hydrazone groups is 1. The molecular weight excluding hydrogens is 328 g/mol. The summed E-state index contributed by atoms with van der Waals surface area (Å²) in [4.78, 5) is 12.4. The van der Waals surface area contributed by atoms with E-state index in [1.807, 2.05) is 61.5 Å². The molecule has 0 bridgehead atoms. The fourth-order valence-corrected chi connectivity index (χ4v) is 2.56. The van der Waals surface area contributed by atoms with Crippen molar-refractivity contribution < 1.29 is 15.0 Å². The van der Waals surface area contributed by atoms with Crippen LogP contribution < -0.4 is 5.43 Å². The van der Waals surface area contributed by atoms with Gasteiger partial charge in [-0.3, -0.25) is 4.79 Å². The monoisotopic (exact) mass is 346 g/mol. The number of hydrogen-bond acceptors (Lipinski definition) is 4. The minimum Gasteiger partial charge on any atom is -0.508 e. The molecule has 0 aliphatic carbocycles. The van der Waals surface area contributed by atoms with Gasteiger partial charge in [0.15, 0.2) is 0 Å². The predicted molar refractivity (Wildman–Crippen MR) is 100 cm³/mol. The van der Waals surface area contributed by atoms with Crippen LogP contribution in [0.25, 0.3) is 0 Å². The fraction of sp³-hybridized carbons (Fsp3) is 0.0476. The van der Waals surface area contributed by atoms with Crippen LogP contribution in [-0.2, 0) is 0 Å². The van der Waals surface area contributed by atoms with E-state index < -0.39 is 5.91 Å².